The Kier molecular flexibility index (Phi) is 7.30. The van der Waals surface area contributed by atoms with Crippen LogP contribution in [0.4, 0.5) is 0 Å². The average molecular weight is 502 g/mol. The first-order valence-corrected chi connectivity index (χ1v) is 12.4. The number of aryl methyl sites for hydroxylation is 2. The van der Waals surface area contributed by atoms with Gasteiger partial charge in [0.1, 0.15) is 0 Å². The molecule has 0 bridgehead atoms. The SMILES string of the molecule is Cc1cc(C)n([C@@H](CCl)CN(Cc2ncc(-c3ccccc3)o2)Cc2ncc(-c3ccccc3)o2)n1. The molecule has 0 aliphatic rings. The number of rotatable bonds is 10. The van der Waals surface area contributed by atoms with Gasteiger partial charge in [-0.25, -0.2) is 9.97 Å². The number of hydrogen-bond donors (Lipinski definition) is 0. The molecule has 0 aliphatic carbocycles. The molecular formula is C28H28ClN5O2. The Morgan fingerprint density at radius 1 is 0.833 bits per heavy atom. The molecule has 2 aromatic carbocycles. The van der Waals surface area contributed by atoms with Gasteiger partial charge in [0.05, 0.1) is 37.2 Å². The highest BCUT2D eigenvalue weighted by atomic mass is 35.5. The van der Waals surface area contributed by atoms with Crippen molar-refractivity contribution in [1.82, 2.24) is 24.6 Å². The van der Waals surface area contributed by atoms with Crippen molar-refractivity contribution in [2.75, 3.05) is 12.4 Å². The van der Waals surface area contributed by atoms with E-state index in [1.54, 1.807) is 12.4 Å². The zero-order chi connectivity index (χ0) is 24.9. The maximum atomic E-state index is 6.44. The molecule has 36 heavy (non-hydrogen) atoms. The fraction of sp³-hybridized carbons (Fsp3) is 0.250. The smallest absolute Gasteiger partial charge is 0.209 e. The molecule has 0 saturated heterocycles. The van der Waals surface area contributed by atoms with Crippen LogP contribution in [0.3, 0.4) is 0 Å². The predicted molar refractivity (Wildman–Crippen MR) is 139 cm³/mol. The predicted octanol–water partition coefficient (Wildman–Crippen LogP) is 6.29. The minimum absolute atomic E-state index is 0.0347. The summed E-state index contributed by atoms with van der Waals surface area (Å²) in [5, 5.41) is 4.66. The van der Waals surface area contributed by atoms with Crippen LogP contribution in [0.2, 0.25) is 0 Å². The molecule has 0 radical (unpaired) electrons. The summed E-state index contributed by atoms with van der Waals surface area (Å²) in [6, 6.07) is 21.9. The van der Waals surface area contributed by atoms with E-state index in [4.69, 9.17) is 20.4 Å². The van der Waals surface area contributed by atoms with Gasteiger partial charge in [-0.2, -0.15) is 5.10 Å². The van der Waals surface area contributed by atoms with Crippen molar-refractivity contribution in [3.8, 4) is 22.6 Å². The van der Waals surface area contributed by atoms with Gasteiger partial charge in [-0.3, -0.25) is 9.58 Å². The summed E-state index contributed by atoms with van der Waals surface area (Å²) in [7, 11) is 0. The molecule has 0 N–H and O–H groups in total. The number of hydrogen-bond acceptors (Lipinski definition) is 6. The van der Waals surface area contributed by atoms with Crippen LogP contribution >= 0.6 is 11.6 Å². The summed E-state index contributed by atoms with van der Waals surface area (Å²) in [4.78, 5) is 11.3. The highest BCUT2D eigenvalue weighted by molar-refractivity contribution is 6.18. The van der Waals surface area contributed by atoms with E-state index in [1.165, 1.54) is 0 Å². The Morgan fingerprint density at radius 3 is 1.81 bits per heavy atom. The van der Waals surface area contributed by atoms with E-state index in [0.717, 1.165) is 34.0 Å². The van der Waals surface area contributed by atoms with Crippen LogP contribution in [0.5, 0.6) is 0 Å². The summed E-state index contributed by atoms with van der Waals surface area (Å²) in [6.45, 7) is 5.61. The molecule has 0 aliphatic heterocycles. The second kappa shape index (κ2) is 10.9. The summed E-state index contributed by atoms with van der Waals surface area (Å²) < 4.78 is 14.2. The highest BCUT2D eigenvalue weighted by Gasteiger charge is 2.22. The van der Waals surface area contributed by atoms with E-state index in [1.807, 2.05) is 79.2 Å². The van der Waals surface area contributed by atoms with E-state index < -0.39 is 0 Å². The third-order valence-corrected chi connectivity index (χ3v) is 6.34. The molecule has 8 heteroatoms. The highest BCUT2D eigenvalue weighted by Crippen LogP contribution is 2.24. The summed E-state index contributed by atoms with van der Waals surface area (Å²) >= 11 is 6.44. The van der Waals surface area contributed by atoms with Crippen LogP contribution in [0.25, 0.3) is 22.6 Å². The van der Waals surface area contributed by atoms with E-state index in [2.05, 4.69) is 26.0 Å². The zero-order valence-electron chi connectivity index (χ0n) is 20.3. The van der Waals surface area contributed by atoms with Crippen molar-refractivity contribution in [1.29, 1.82) is 0 Å². The Bertz CT molecular complexity index is 1310. The normalized spacial score (nSPS) is 12.3. The van der Waals surface area contributed by atoms with Gasteiger partial charge in [-0.15, -0.1) is 11.6 Å². The lowest BCUT2D eigenvalue weighted by Crippen LogP contribution is -2.32. The molecule has 0 unspecified atom stereocenters. The van der Waals surface area contributed by atoms with Gasteiger partial charge in [0.2, 0.25) is 11.8 Å². The van der Waals surface area contributed by atoms with Crippen LogP contribution in [-0.2, 0) is 13.1 Å². The lowest BCUT2D eigenvalue weighted by molar-refractivity contribution is 0.182. The number of benzene rings is 2. The molecule has 3 aromatic heterocycles. The quantitative estimate of drug-likeness (QED) is 0.209. The van der Waals surface area contributed by atoms with Crippen molar-refractivity contribution >= 4 is 11.6 Å². The van der Waals surface area contributed by atoms with Crippen LogP contribution in [0, 0.1) is 13.8 Å². The average Bonchev–Trinajstić information content (AvgIpc) is 3.64. The Hall–Kier alpha value is -3.68. The van der Waals surface area contributed by atoms with E-state index in [0.29, 0.717) is 37.3 Å². The summed E-state index contributed by atoms with van der Waals surface area (Å²) in [6.07, 6.45) is 3.53. The largest absolute Gasteiger partial charge is 0.439 e. The van der Waals surface area contributed by atoms with Gasteiger partial charge in [0.15, 0.2) is 11.5 Å². The van der Waals surface area contributed by atoms with Crippen molar-refractivity contribution in [3.63, 3.8) is 0 Å². The van der Waals surface area contributed by atoms with Gasteiger partial charge in [-0.1, -0.05) is 60.7 Å². The molecule has 0 amide bonds. The minimum atomic E-state index is -0.0347. The molecule has 5 aromatic rings. The number of alkyl halides is 1. The van der Waals surface area contributed by atoms with E-state index in [9.17, 15) is 0 Å². The Morgan fingerprint density at radius 2 is 1.36 bits per heavy atom. The molecule has 7 nitrogen and oxygen atoms in total. The fourth-order valence-corrected chi connectivity index (χ4v) is 4.54. The number of nitrogens with zero attached hydrogens (tertiary/aromatic N) is 5. The number of oxazole rings is 2. The monoisotopic (exact) mass is 501 g/mol. The Balaban J connectivity index is 1.39. The van der Waals surface area contributed by atoms with Crippen LogP contribution in [-0.4, -0.2) is 37.1 Å². The first-order valence-electron chi connectivity index (χ1n) is 11.9. The van der Waals surface area contributed by atoms with Crippen LogP contribution < -0.4 is 0 Å². The van der Waals surface area contributed by atoms with E-state index >= 15 is 0 Å². The second-order valence-electron chi connectivity index (χ2n) is 8.82. The molecule has 0 spiro atoms. The third-order valence-electron chi connectivity index (χ3n) is 5.98. The third kappa shape index (κ3) is 5.58. The van der Waals surface area contributed by atoms with Gasteiger partial charge < -0.3 is 8.83 Å². The van der Waals surface area contributed by atoms with Crippen molar-refractivity contribution in [2.45, 2.75) is 33.0 Å². The van der Waals surface area contributed by atoms with E-state index in [-0.39, 0.29) is 6.04 Å². The Labute approximate surface area is 215 Å². The van der Waals surface area contributed by atoms with Gasteiger partial charge in [0.25, 0.3) is 0 Å². The van der Waals surface area contributed by atoms with Crippen LogP contribution in [0.15, 0.2) is 88.0 Å². The standard InChI is InChI=1S/C28H28ClN5O2/c1-20-13-21(2)34(32-20)24(14-29)17-33(18-27-30-15-25(35-27)22-9-5-3-6-10-22)19-28-31-16-26(36-28)23-11-7-4-8-12-23/h3-13,15-16,24H,14,17-19H2,1-2H3/t24-/m0/s1. The molecular weight excluding hydrogens is 474 g/mol. The summed E-state index contributed by atoms with van der Waals surface area (Å²) in [5.74, 6) is 3.12. The molecule has 0 fully saturated rings. The minimum Gasteiger partial charge on any atom is -0.439 e. The maximum Gasteiger partial charge on any atom is 0.209 e. The summed E-state index contributed by atoms with van der Waals surface area (Å²) in [5.41, 5.74) is 4.02. The molecule has 3 heterocycles. The van der Waals surface area contributed by atoms with Gasteiger partial charge >= 0.3 is 0 Å². The van der Waals surface area contributed by atoms with Crippen LogP contribution in [0.1, 0.15) is 29.2 Å². The number of halogens is 1. The van der Waals surface area contributed by atoms with Crippen molar-refractivity contribution in [2.24, 2.45) is 0 Å². The van der Waals surface area contributed by atoms with Gasteiger partial charge in [-0.05, 0) is 19.9 Å². The lowest BCUT2D eigenvalue weighted by Gasteiger charge is -2.25. The first kappa shape index (κ1) is 24.0. The molecule has 0 saturated carbocycles. The zero-order valence-corrected chi connectivity index (χ0v) is 21.1. The topological polar surface area (TPSA) is 73.1 Å². The first-order chi connectivity index (χ1) is 17.6. The fourth-order valence-electron chi connectivity index (χ4n) is 4.31. The van der Waals surface area contributed by atoms with Crippen molar-refractivity contribution < 1.29 is 8.83 Å². The lowest BCUT2D eigenvalue weighted by atomic mass is 10.2. The molecule has 1 atom stereocenters. The van der Waals surface area contributed by atoms with Crippen molar-refractivity contribution in [3.05, 3.63) is 102 Å². The molecule has 5 rings (SSSR count). The second-order valence-corrected chi connectivity index (χ2v) is 9.13. The number of aromatic nitrogens is 4. The van der Waals surface area contributed by atoms with Gasteiger partial charge in [0, 0.05) is 29.2 Å². The maximum absolute atomic E-state index is 6.44. The molecule has 184 valence electrons.